The summed E-state index contributed by atoms with van der Waals surface area (Å²) in [6.07, 6.45) is 11.4. The molecule has 4 nitrogen and oxygen atoms in total. The molecule has 1 saturated carbocycles. The van der Waals surface area contributed by atoms with Crippen molar-refractivity contribution < 1.29 is 9.59 Å². The van der Waals surface area contributed by atoms with Gasteiger partial charge in [0.05, 0.1) is 0 Å². The van der Waals surface area contributed by atoms with E-state index in [0.29, 0.717) is 18.9 Å². The van der Waals surface area contributed by atoms with Crippen molar-refractivity contribution in [2.75, 3.05) is 6.54 Å². The van der Waals surface area contributed by atoms with Crippen LogP contribution in [-0.2, 0) is 16.0 Å². The molecule has 1 aromatic carbocycles. The van der Waals surface area contributed by atoms with Crippen LogP contribution in [0.5, 0.6) is 0 Å². The molecule has 0 aromatic heterocycles. The lowest BCUT2D eigenvalue weighted by Crippen LogP contribution is -2.41. The summed E-state index contributed by atoms with van der Waals surface area (Å²) in [5.74, 6) is 0.765. The molecule has 0 bridgehead atoms. The van der Waals surface area contributed by atoms with Crippen LogP contribution in [0, 0.1) is 11.8 Å². The van der Waals surface area contributed by atoms with Gasteiger partial charge in [0.1, 0.15) is 0 Å². The highest BCUT2D eigenvalue weighted by Crippen LogP contribution is 2.25. The molecular weight excluding hydrogens is 360 g/mol. The Morgan fingerprint density at radius 2 is 1.93 bits per heavy atom. The van der Waals surface area contributed by atoms with E-state index in [1.807, 2.05) is 24.3 Å². The molecule has 1 fully saturated rings. The minimum atomic E-state index is 0.0651. The number of rotatable bonds is 7. The monoisotopic (exact) mass is 388 g/mol. The summed E-state index contributed by atoms with van der Waals surface area (Å²) in [6.45, 7) is 0.630. The molecule has 1 atom stereocenters. The lowest BCUT2D eigenvalue weighted by atomic mass is 9.85. The summed E-state index contributed by atoms with van der Waals surface area (Å²) in [5, 5.41) is 6.93. The highest BCUT2D eigenvalue weighted by molar-refractivity contribution is 6.30. The summed E-state index contributed by atoms with van der Waals surface area (Å²) in [4.78, 5) is 24.5. The van der Waals surface area contributed by atoms with E-state index in [-0.39, 0.29) is 23.8 Å². The van der Waals surface area contributed by atoms with Crippen molar-refractivity contribution in [3.05, 3.63) is 47.0 Å². The maximum atomic E-state index is 12.4. The second kappa shape index (κ2) is 9.93. The number of carbonyl (C=O) groups is 2. The molecule has 0 spiro atoms. The van der Waals surface area contributed by atoms with Crippen molar-refractivity contribution in [3.8, 4) is 0 Å². The first-order valence-corrected chi connectivity index (χ1v) is 10.5. The topological polar surface area (TPSA) is 58.2 Å². The Bertz CT molecular complexity index is 681. The number of carbonyl (C=O) groups excluding carboxylic acids is 2. The highest BCUT2D eigenvalue weighted by atomic mass is 35.5. The summed E-state index contributed by atoms with van der Waals surface area (Å²) in [7, 11) is 0. The fourth-order valence-electron chi connectivity index (χ4n) is 4.06. The average molecular weight is 389 g/mol. The maximum absolute atomic E-state index is 12.4. The van der Waals surface area contributed by atoms with Gasteiger partial charge in [0.25, 0.3) is 0 Å². The van der Waals surface area contributed by atoms with E-state index in [4.69, 9.17) is 11.6 Å². The SMILES string of the molecule is O=C(CC1C=CCC1)NC1CCC(C(=O)NCCc2cccc(Cl)c2)CC1. The van der Waals surface area contributed by atoms with Crippen molar-refractivity contribution in [1.82, 2.24) is 10.6 Å². The molecule has 0 heterocycles. The molecule has 0 aliphatic heterocycles. The van der Waals surface area contributed by atoms with Gasteiger partial charge in [-0.1, -0.05) is 35.9 Å². The molecule has 5 heteroatoms. The zero-order valence-corrected chi connectivity index (χ0v) is 16.5. The minimum absolute atomic E-state index is 0.0651. The largest absolute Gasteiger partial charge is 0.356 e. The van der Waals surface area contributed by atoms with E-state index in [1.165, 1.54) is 0 Å². The third-order valence-electron chi connectivity index (χ3n) is 5.62. The molecule has 2 amide bonds. The standard InChI is InChI=1S/C22H29ClN2O2/c23-19-7-3-6-17(14-19)12-13-24-22(27)18-8-10-20(11-9-18)25-21(26)15-16-4-1-2-5-16/h1,3-4,6-7,14,16,18,20H,2,5,8-13,15H2,(H,24,27)(H,25,26). The van der Waals surface area contributed by atoms with Crippen LogP contribution in [0.3, 0.4) is 0 Å². The van der Waals surface area contributed by atoms with Crippen molar-refractivity contribution >= 4 is 23.4 Å². The number of hydrogen-bond acceptors (Lipinski definition) is 2. The zero-order valence-electron chi connectivity index (χ0n) is 15.8. The first kappa shape index (κ1) is 19.9. The quantitative estimate of drug-likeness (QED) is 0.693. The van der Waals surface area contributed by atoms with E-state index < -0.39 is 0 Å². The first-order valence-electron chi connectivity index (χ1n) is 10.1. The van der Waals surface area contributed by atoms with Crippen molar-refractivity contribution in [2.45, 2.75) is 57.4 Å². The van der Waals surface area contributed by atoms with Crippen molar-refractivity contribution in [2.24, 2.45) is 11.8 Å². The molecule has 0 saturated heterocycles. The van der Waals surface area contributed by atoms with Gasteiger partial charge in [0, 0.05) is 29.9 Å². The Balaban J connectivity index is 1.32. The van der Waals surface area contributed by atoms with E-state index in [9.17, 15) is 9.59 Å². The summed E-state index contributed by atoms with van der Waals surface area (Å²) < 4.78 is 0. The van der Waals surface area contributed by atoms with Gasteiger partial charge >= 0.3 is 0 Å². The molecule has 2 N–H and O–H groups in total. The third-order valence-corrected chi connectivity index (χ3v) is 5.86. The summed E-state index contributed by atoms with van der Waals surface area (Å²) in [6, 6.07) is 7.96. The van der Waals surface area contributed by atoms with Crippen LogP contribution in [0.2, 0.25) is 5.02 Å². The molecule has 1 unspecified atom stereocenters. The van der Waals surface area contributed by atoms with Gasteiger partial charge in [-0.3, -0.25) is 9.59 Å². The normalized spacial score (nSPS) is 24.6. The smallest absolute Gasteiger partial charge is 0.223 e. The zero-order chi connectivity index (χ0) is 19.1. The molecule has 0 radical (unpaired) electrons. The predicted octanol–water partition coefficient (Wildman–Crippen LogP) is 4.03. The van der Waals surface area contributed by atoms with Crippen molar-refractivity contribution in [3.63, 3.8) is 0 Å². The molecular formula is C22H29ClN2O2. The Morgan fingerprint density at radius 3 is 2.63 bits per heavy atom. The maximum Gasteiger partial charge on any atom is 0.223 e. The summed E-state index contributed by atoms with van der Waals surface area (Å²) >= 11 is 5.98. The van der Waals surface area contributed by atoms with Gasteiger partial charge < -0.3 is 10.6 Å². The average Bonchev–Trinajstić information content (AvgIpc) is 3.15. The lowest BCUT2D eigenvalue weighted by molar-refractivity contribution is -0.126. The van der Waals surface area contributed by atoms with Gasteiger partial charge in [0.2, 0.25) is 11.8 Å². The highest BCUT2D eigenvalue weighted by Gasteiger charge is 2.27. The predicted molar refractivity (Wildman–Crippen MR) is 109 cm³/mol. The fraction of sp³-hybridized carbons (Fsp3) is 0.545. The van der Waals surface area contributed by atoms with Crippen LogP contribution in [0.4, 0.5) is 0 Å². The molecule has 3 rings (SSSR count). The molecule has 2 aliphatic carbocycles. The van der Waals surface area contributed by atoms with E-state index in [1.54, 1.807) is 0 Å². The van der Waals surface area contributed by atoms with Gasteiger partial charge in [-0.25, -0.2) is 0 Å². The van der Waals surface area contributed by atoms with Gasteiger partial charge in [-0.15, -0.1) is 0 Å². The minimum Gasteiger partial charge on any atom is -0.356 e. The molecule has 146 valence electrons. The van der Waals surface area contributed by atoms with E-state index in [0.717, 1.165) is 55.5 Å². The Labute approximate surface area is 166 Å². The molecule has 1 aromatic rings. The van der Waals surface area contributed by atoms with Gasteiger partial charge in [-0.05, 0) is 68.6 Å². The molecule has 27 heavy (non-hydrogen) atoms. The molecule has 2 aliphatic rings. The number of halogens is 1. The van der Waals surface area contributed by atoms with Crippen molar-refractivity contribution in [1.29, 1.82) is 0 Å². The number of nitrogens with one attached hydrogen (secondary N) is 2. The van der Waals surface area contributed by atoms with Crippen LogP contribution >= 0.6 is 11.6 Å². The van der Waals surface area contributed by atoms with Crippen LogP contribution in [0.1, 0.15) is 50.5 Å². The lowest BCUT2D eigenvalue weighted by Gasteiger charge is -2.28. The van der Waals surface area contributed by atoms with Crippen LogP contribution < -0.4 is 10.6 Å². The van der Waals surface area contributed by atoms with Gasteiger partial charge in [-0.2, -0.15) is 0 Å². The fourth-order valence-corrected chi connectivity index (χ4v) is 4.27. The van der Waals surface area contributed by atoms with Crippen LogP contribution in [-0.4, -0.2) is 24.4 Å². The van der Waals surface area contributed by atoms with Crippen LogP contribution in [0.25, 0.3) is 0 Å². The van der Waals surface area contributed by atoms with Gasteiger partial charge in [0.15, 0.2) is 0 Å². The Morgan fingerprint density at radius 1 is 1.11 bits per heavy atom. The van der Waals surface area contributed by atoms with E-state index in [2.05, 4.69) is 22.8 Å². The summed E-state index contributed by atoms with van der Waals surface area (Å²) in [5.41, 5.74) is 1.13. The number of hydrogen-bond donors (Lipinski definition) is 2. The Kier molecular flexibility index (Phi) is 7.33. The number of benzene rings is 1. The van der Waals surface area contributed by atoms with E-state index >= 15 is 0 Å². The second-order valence-electron chi connectivity index (χ2n) is 7.76. The number of allylic oxidation sites excluding steroid dienone is 2. The second-order valence-corrected chi connectivity index (χ2v) is 8.19. The third kappa shape index (κ3) is 6.39. The Hall–Kier alpha value is -1.81. The number of amides is 2. The van der Waals surface area contributed by atoms with Crippen LogP contribution in [0.15, 0.2) is 36.4 Å². The first-order chi connectivity index (χ1) is 13.1.